The van der Waals surface area contributed by atoms with Gasteiger partial charge in [-0.2, -0.15) is 0 Å². The zero-order chi connectivity index (χ0) is 26.9. The van der Waals surface area contributed by atoms with Crippen molar-refractivity contribution in [2.45, 2.75) is 63.4 Å². The molecule has 0 bridgehead atoms. The fourth-order valence-corrected chi connectivity index (χ4v) is 6.04. The first-order valence-electron chi connectivity index (χ1n) is 13.1. The zero-order valence-corrected chi connectivity index (χ0v) is 24.0. The maximum absolute atomic E-state index is 13.8. The van der Waals surface area contributed by atoms with E-state index in [9.17, 15) is 9.59 Å². The van der Waals surface area contributed by atoms with Gasteiger partial charge in [0.25, 0.3) is 0 Å². The smallest absolute Gasteiger partial charge is 0.243 e. The summed E-state index contributed by atoms with van der Waals surface area (Å²) in [5.41, 5.74) is 4.18. The summed E-state index contributed by atoms with van der Waals surface area (Å²) >= 11 is 13.7. The molecule has 3 aromatic rings. The van der Waals surface area contributed by atoms with E-state index in [2.05, 4.69) is 5.32 Å². The van der Waals surface area contributed by atoms with Gasteiger partial charge in [-0.05, 0) is 54.2 Å². The van der Waals surface area contributed by atoms with Gasteiger partial charge in [-0.15, -0.1) is 11.8 Å². The summed E-state index contributed by atoms with van der Waals surface area (Å²) in [7, 11) is 0. The SMILES string of the molecule is Cc1ccccc1CN(C(=O)CSCc1ccc(Cl)c(Cl)c1)C(Cc1ccccc1)C(=O)NC1CCCC1. The average molecular weight is 570 g/mol. The molecule has 4 rings (SSSR count). The third-order valence-corrected chi connectivity index (χ3v) is 8.78. The lowest BCUT2D eigenvalue weighted by Crippen LogP contribution is -2.52. The standard InChI is InChI=1S/C31H34Cl2N2O2S/c1-22-9-5-6-12-25(22)19-35(30(36)21-38-20-24-15-16-27(32)28(33)17-24)29(18-23-10-3-2-4-11-23)31(37)34-26-13-7-8-14-26/h2-6,9-12,15-17,26,29H,7-8,13-14,18-21H2,1H3,(H,34,37). The van der Waals surface area contributed by atoms with Gasteiger partial charge in [0.15, 0.2) is 0 Å². The van der Waals surface area contributed by atoms with Crippen LogP contribution in [0.25, 0.3) is 0 Å². The summed E-state index contributed by atoms with van der Waals surface area (Å²) in [6.07, 6.45) is 4.72. The number of thioether (sulfide) groups is 1. The lowest BCUT2D eigenvalue weighted by Gasteiger charge is -2.32. The molecule has 2 amide bonds. The number of nitrogens with zero attached hydrogens (tertiary/aromatic N) is 1. The molecular formula is C31H34Cl2N2O2S. The monoisotopic (exact) mass is 568 g/mol. The number of carbonyl (C=O) groups excluding carboxylic acids is 2. The molecule has 1 saturated carbocycles. The molecule has 4 nitrogen and oxygen atoms in total. The Balaban J connectivity index is 1.57. The topological polar surface area (TPSA) is 49.4 Å². The van der Waals surface area contributed by atoms with Crippen molar-refractivity contribution in [2.24, 2.45) is 0 Å². The molecule has 0 aromatic heterocycles. The molecule has 0 heterocycles. The van der Waals surface area contributed by atoms with Gasteiger partial charge < -0.3 is 10.2 Å². The lowest BCUT2D eigenvalue weighted by atomic mass is 10.0. The second-order valence-electron chi connectivity index (χ2n) is 9.88. The molecular weight excluding hydrogens is 535 g/mol. The zero-order valence-electron chi connectivity index (χ0n) is 21.7. The van der Waals surface area contributed by atoms with E-state index in [1.165, 1.54) is 11.8 Å². The van der Waals surface area contributed by atoms with Crippen LogP contribution in [0.5, 0.6) is 0 Å². The number of aryl methyl sites for hydroxylation is 1. The summed E-state index contributed by atoms with van der Waals surface area (Å²) < 4.78 is 0. The van der Waals surface area contributed by atoms with Crippen LogP contribution in [0.1, 0.15) is 47.9 Å². The van der Waals surface area contributed by atoms with E-state index in [1.54, 1.807) is 11.0 Å². The third kappa shape index (κ3) is 8.02. The Hall–Kier alpha value is -2.47. The Morgan fingerprint density at radius 2 is 1.66 bits per heavy atom. The largest absolute Gasteiger partial charge is 0.352 e. The van der Waals surface area contributed by atoms with E-state index < -0.39 is 6.04 Å². The van der Waals surface area contributed by atoms with Crippen LogP contribution < -0.4 is 5.32 Å². The van der Waals surface area contributed by atoms with Crippen molar-refractivity contribution in [3.8, 4) is 0 Å². The molecule has 3 aromatic carbocycles. The Morgan fingerprint density at radius 3 is 2.37 bits per heavy atom. The van der Waals surface area contributed by atoms with Crippen LogP contribution in [0, 0.1) is 6.92 Å². The van der Waals surface area contributed by atoms with Gasteiger partial charge in [-0.25, -0.2) is 0 Å². The Kier molecular flexibility index (Phi) is 10.6. The van der Waals surface area contributed by atoms with Crippen LogP contribution in [0.15, 0.2) is 72.8 Å². The van der Waals surface area contributed by atoms with E-state index in [4.69, 9.17) is 23.2 Å². The van der Waals surface area contributed by atoms with Crippen LogP contribution in [0.3, 0.4) is 0 Å². The number of halogens is 2. The molecule has 0 aliphatic heterocycles. The van der Waals surface area contributed by atoms with Gasteiger partial charge in [0, 0.05) is 24.8 Å². The summed E-state index contributed by atoms with van der Waals surface area (Å²) in [5, 5.41) is 4.28. The molecule has 1 fully saturated rings. The normalized spacial score (nSPS) is 14.3. The third-order valence-electron chi connectivity index (χ3n) is 7.05. The second kappa shape index (κ2) is 14.1. The molecule has 7 heteroatoms. The summed E-state index contributed by atoms with van der Waals surface area (Å²) in [4.78, 5) is 29.4. The molecule has 1 atom stereocenters. The Morgan fingerprint density at radius 1 is 0.947 bits per heavy atom. The Labute approximate surface area is 240 Å². The fourth-order valence-electron chi connectivity index (χ4n) is 4.86. The van der Waals surface area contributed by atoms with Gasteiger partial charge in [0.2, 0.25) is 11.8 Å². The van der Waals surface area contributed by atoms with Crippen LogP contribution in [0.2, 0.25) is 10.0 Å². The van der Waals surface area contributed by atoms with Crippen molar-refractivity contribution in [2.75, 3.05) is 5.75 Å². The van der Waals surface area contributed by atoms with Gasteiger partial charge in [-0.3, -0.25) is 9.59 Å². The van der Waals surface area contributed by atoms with Gasteiger partial charge in [0.05, 0.1) is 15.8 Å². The molecule has 1 N–H and O–H groups in total. The first kappa shape index (κ1) is 28.5. The van der Waals surface area contributed by atoms with E-state index in [-0.39, 0.29) is 23.6 Å². The van der Waals surface area contributed by atoms with Crippen molar-refractivity contribution >= 4 is 46.8 Å². The predicted molar refractivity (Wildman–Crippen MR) is 159 cm³/mol. The fraction of sp³-hybridized carbons (Fsp3) is 0.355. The number of benzene rings is 3. The number of hydrogen-bond acceptors (Lipinski definition) is 3. The van der Waals surface area contributed by atoms with Crippen molar-refractivity contribution in [3.63, 3.8) is 0 Å². The number of hydrogen-bond donors (Lipinski definition) is 1. The van der Waals surface area contributed by atoms with E-state index in [0.717, 1.165) is 47.9 Å². The maximum atomic E-state index is 13.8. The number of rotatable bonds is 11. The minimum Gasteiger partial charge on any atom is -0.352 e. The molecule has 1 aliphatic carbocycles. The molecule has 0 radical (unpaired) electrons. The van der Waals surface area contributed by atoms with Crippen molar-refractivity contribution in [3.05, 3.63) is 105 Å². The first-order chi connectivity index (χ1) is 18.4. The highest BCUT2D eigenvalue weighted by atomic mass is 35.5. The number of carbonyl (C=O) groups is 2. The highest BCUT2D eigenvalue weighted by Crippen LogP contribution is 2.26. The van der Waals surface area contributed by atoms with Crippen LogP contribution in [0.4, 0.5) is 0 Å². The summed E-state index contributed by atoms with van der Waals surface area (Å²) in [6.45, 7) is 2.43. The van der Waals surface area contributed by atoms with Crippen molar-refractivity contribution < 1.29 is 9.59 Å². The van der Waals surface area contributed by atoms with Crippen LogP contribution in [-0.2, 0) is 28.3 Å². The second-order valence-corrected chi connectivity index (χ2v) is 11.7. The predicted octanol–water partition coefficient (Wildman–Crippen LogP) is 7.23. The molecule has 1 aliphatic rings. The minimum atomic E-state index is -0.601. The number of amides is 2. The average Bonchev–Trinajstić information content (AvgIpc) is 3.42. The molecule has 38 heavy (non-hydrogen) atoms. The quantitative estimate of drug-likeness (QED) is 0.265. The highest BCUT2D eigenvalue weighted by molar-refractivity contribution is 7.99. The van der Waals surface area contributed by atoms with Crippen LogP contribution >= 0.6 is 35.0 Å². The molecule has 1 unspecified atom stereocenters. The van der Waals surface area contributed by atoms with Crippen molar-refractivity contribution in [1.82, 2.24) is 10.2 Å². The summed E-state index contributed by atoms with van der Waals surface area (Å²) in [6, 6.07) is 23.1. The van der Waals surface area contributed by atoms with Gasteiger partial charge >= 0.3 is 0 Å². The minimum absolute atomic E-state index is 0.0548. The van der Waals surface area contributed by atoms with E-state index in [0.29, 0.717) is 28.8 Å². The van der Waals surface area contributed by atoms with Gasteiger partial charge in [0.1, 0.15) is 6.04 Å². The number of nitrogens with one attached hydrogen (secondary N) is 1. The highest BCUT2D eigenvalue weighted by Gasteiger charge is 2.32. The molecule has 0 spiro atoms. The maximum Gasteiger partial charge on any atom is 0.243 e. The molecule has 200 valence electrons. The van der Waals surface area contributed by atoms with Crippen molar-refractivity contribution in [1.29, 1.82) is 0 Å². The Bertz CT molecular complexity index is 1230. The first-order valence-corrected chi connectivity index (χ1v) is 15.0. The van der Waals surface area contributed by atoms with E-state index >= 15 is 0 Å². The van der Waals surface area contributed by atoms with Gasteiger partial charge in [-0.1, -0.05) is 96.7 Å². The summed E-state index contributed by atoms with van der Waals surface area (Å²) in [5.74, 6) is 0.755. The van der Waals surface area contributed by atoms with E-state index in [1.807, 2.05) is 73.7 Å². The molecule has 0 saturated heterocycles. The lowest BCUT2D eigenvalue weighted by molar-refractivity contribution is -0.139. The van der Waals surface area contributed by atoms with Crippen LogP contribution in [-0.4, -0.2) is 34.6 Å².